The Kier molecular flexibility index (Phi) is 8.93. The van der Waals surface area contributed by atoms with E-state index in [0.29, 0.717) is 12.3 Å². The van der Waals surface area contributed by atoms with Crippen LogP contribution in [0.4, 0.5) is 0 Å². The fourth-order valence-corrected chi connectivity index (χ4v) is 4.45. The van der Waals surface area contributed by atoms with E-state index in [1.807, 2.05) is 54.6 Å². The van der Waals surface area contributed by atoms with Gasteiger partial charge in [-0.25, -0.2) is 9.36 Å². The van der Waals surface area contributed by atoms with Gasteiger partial charge in [-0.3, -0.25) is 0 Å². The summed E-state index contributed by atoms with van der Waals surface area (Å²) in [6, 6.07) is 24.3. The standard InChI is InChI=1S/C30H35N2O3/c1-34-30(33)29-23-26-22-27(35-24-25-14-8-6-9-15-25)16-17-28(26)32(29)21-13-5-3-2-4-10-18-31-19-11-7-12-20-31/h6-9,11-12,14-17,19-20,22-23H,2-5,10,13,18,21,24H2,1H3/q+1. The highest BCUT2D eigenvalue weighted by Crippen LogP contribution is 2.26. The highest BCUT2D eigenvalue weighted by Gasteiger charge is 2.16. The normalized spacial score (nSPS) is 11.0. The molecule has 0 spiro atoms. The number of fused-ring (bicyclic) bond motifs is 1. The lowest BCUT2D eigenvalue weighted by atomic mass is 10.1. The van der Waals surface area contributed by atoms with Crippen molar-refractivity contribution in [3.63, 3.8) is 0 Å². The van der Waals surface area contributed by atoms with E-state index < -0.39 is 0 Å². The minimum Gasteiger partial charge on any atom is -0.489 e. The van der Waals surface area contributed by atoms with Crippen LogP contribution in [0.2, 0.25) is 0 Å². The van der Waals surface area contributed by atoms with Gasteiger partial charge in [0.1, 0.15) is 24.6 Å². The monoisotopic (exact) mass is 471 g/mol. The number of hydrogen-bond acceptors (Lipinski definition) is 3. The summed E-state index contributed by atoms with van der Waals surface area (Å²) in [6.45, 7) is 2.40. The summed E-state index contributed by atoms with van der Waals surface area (Å²) in [5, 5.41) is 0.995. The van der Waals surface area contributed by atoms with Crippen molar-refractivity contribution in [2.45, 2.75) is 58.2 Å². The third-order valence-electron chi connectivity index (χ3n) is 6.34. The molecule has 182 valence electrons. The van der Waals surface area contributed by atoms with Gasteiger partial charge in [-0.2, -0.15) is 0 Å². The van der Waals surface area contributed by atoms with Gasteiger partial charge >= 0.3 is 5.97 Å². The van der Waals surface area contributed by atoms with Crippen LogP contribution in [0.3, 0.4) is 0 Å². The molecule has 0 radical (unpaired) electrons. The fraction of sp³-hybridized carbons (Fsp3) is 0.333. The molecule has 0 saturated heterocycles. The first-order valence-corrected chi connectivity index (χ1v) is 12.6. The Morgan fingerprint density at radius 3 is 2.31 bits per heavy atom. The maximum absolute atomic E-state index is 12.4. The van der Waals surface area contributed by atoms with Crippen molar-refractivity contribution in [2.24, 2.45) is 0 Å². The molecule has 2 aromatic carbocycles. The molecule has 2 heterocycles. The van der Waals surface area contributed by atoms with Crippen LogP contribution in [0.1, 0.15) is 54.6 Å². The first-order chi connectivity index (χ1) is 17.2. The van der Waals surface area contributed by atoms with Gasteiger partial charge in [0, 0.05) is 36.0 Å². The van der Waals surface area contributed by atoms with E-state index >= 15 is 0 Å². The van der Waals surface area contributed by atoms with E-state index in [4.69, 9.17) is 9.47 Å². The molecular formula is C30H35N2O3+. The number of carbonyl (C=O) groups excluding carboxylic acids is 1. The molecular weight excluding hydrogens is 436 g/mol. The van der Waals surface area contributed by atoms with E-state index in [2.05, 4.69) is 39.7 Å². The smallest absolute Gasteiger partial charge is 0.354 e. The molecule has 5 heteroatoms. The Hall–Kier alpha value is -3.60. The zero-order chi connectivity index (χ0) is 24.3. The summed E-state index contributed by atoms with van der Waals surface area (Å²) in [5.41, 5.74) is 2.76. The lowest BCUT2D eigenvalue weighted by molar-refractivity contribution is -0.697. The zero-order valence-corrected chi connectivity index (χ0v) is 20.6. The van der Waals surface area contributed by atoms with Crippen molar-refractivity contribution in [3.05, 3.63) is 96.4 Å². The molecule has 0 saturated carbocycles. The van der Waals surface area contributed by atoms with Gasteiger partial charge in [-0.15, -0.1) is 0 Å². The molecule has 0 aliphatic carbocycles. The molecule has 2 aromatic heterocycles. The maximum atomic E-state index is 12.4. The number of rotatable bonds is 13. The second kappa shape index (κ2) is 12.7. The van der Waals surface area contributed by atoms with Gasteiger partial charge in [0.15, 0.2) is 12.4 Å². The van der Waals surface area contributed by atoms with Crippen molar-refractivity contribution in [3.8, 4) is 5.75 Å². The number of hydrogen-bond donors (Lipinski definition) is 0. The number of unbranched alkanes of at least 4 members (excludes halogenated alkanes) is 5. The number of aromatic nitrogens is 2. The summed E-state index contributed by atoms with van der Waals surface area (Å²) in [6.07, 6.45) is 11.3. The van der Waals surface area contributed by atoms with Gasteiger partial charge in [0.05, 0.1) is 7.11 Å². The summed E-state index contributed by atoms with van der Waals surface area (Å²) in [7, 11) is 1.44. The van der Waals surface area contributed by atoms with Crippen LogP contribution < -0.4 is 9.30 Å². The van der Waals surface area contributed by atoms with E-state index in [-0.39, 0.29) is 5.97 Å². The topological polar surface area (TPSA) is 44.3 Å². The molecule has 4 rings (SSSR count). The summed E-state index contributed by atoms with van der Waals surface area (Å²) in [4.78, 5) is 12.4. The Bertz CT molecular complexity index is 1200. The number of ether oxygens (including phenoxy) is 2. The molecule has 0 bridgehead atoms. The van der Waals surface area contributed by atoms with Crippen molar-refractivity contribution < 1.29 is 18.8 Å². The molecule has 0 unspecified atom stereocenters. The first kappa shape index (κ1) is 24.5. The van der Waals surface area contributed by atoms with E-state index in [0.717, 1.165) is 48.1 Å². The Balaban J connectivity index is 1.29. The zero-order valence-electron chi connectivity index (χ0n) is 20.6. The van der Waals surface area contributed by atoms with E-state index in [9.17, 15) is 4.79 Å². The highest BCUT2D eigenvalue weighted by molar-refractivity contribution is 5.96. The molecule has 5 nitrogen and oxygen atoms in total. The number of methoxy groups -OCH3 is 1. The second-order valence-electron chi connectivity index (χ2n) is 8.90. The summed E-state index contributed by atoms with van der Waals surface area (Å²) < 4.78 is 15.4. The van der Waals surface area contributed by atoms with Crippen molar-refractivity contribution >= 4 is 16.9 Å². The minimum atomic E-state index is -0.300. The number of nitrogens with zero attached hydrogens (tertiary/aromatic N) is 2. The molecule has 0 aliphatic heterocycles. The van der Waals surface area contributed by atoms with Gasteiger partial charge in [0.25, 0.3) is 0 Å². The SMILES string of the molecule is COC(=O)c1cc2cc(OCc3ccccc3)ccc2n1CCCCCCCC[n+]1ccccc1. The number of benzene rings is 2. The van der Waals surface area contributed by atoms with Crippen molar-refractivity contribution in [2.75, 3.05) is 7.11 Å². The molecule has 0 N–H and O–H groups in total. The average molecular weight is 472 g/mol. The van der Waals surface area contributed by atoms with Crippen molar-refractivity contribution in [1.29, 1.82) is 0 Å². The fourth-order valence-electron chi connectivity index (χ4n) is 4.45. The molecule has 0 amide bonds. The predicted octanol–water partition coefficient (Wildman–Crippen LogP) is 6.34. The number of pyridine rings is 1. The number of carbonyl (C=O) groups is 1. The largest absolute Gasteiger partial charge is 0.489 e. The Morgan fingerprint density at radius 1 is 0.829 bits per heavy atom. The van der Waals surface area contributed by atoms with Gasteiger partial charge in [-0.05, 0) is 42.7 Å². The van der Waals surface area contributed by atoms with Crippen LogP contribution in [0.5, 0.6) is 5.75 Å². The lowest BCUT2D eigenvalue weighted by Gasteiger charge is -2.10. The molecule has 4 aromatic rings. The number of esters is 1. The van der Waals surface area contributed by atoms with Gasteiger partial charge < -0.3 is 14.0 Å². The van der Waals surface area contributed by atoms with E-state index in [1.54, 1.807) is 0 Å². The minimum absolute atomic E-state index is 0.300. The third kappa shape index (κ3) is 6.95. The molecule has 35 heavy (non-hydrogen) atoms. The van der Waals surface area contributed by atoms with Crippen LogP contribution in [0.25, 0.3) is 10.9 Å². The Morgan fingerprint density at radius 2 is 1.54 bits per heavy atom. The van der Waals surface area contributed by atoms with Crippen LogP contribution in [-0.2, 0) is 24.4 Å². The number of aryl methyl sites for hydroxylation is 2. The van der Waals surface area contributed by atoms with Crippen molar-refractivity contribution in [1.82, 2.24) is 4.57 Å². The molecule has 0 atom stereocenters. The molecule has 0 fully saturated rings. The average Bonchev–Trinajstić information content (AvgIpc) is 3.27. The van der Waals surface area contributed by atoms with Crippen LogP contribution in [0, 0.1) is 0 Å². The van der Waals surface area contributed by atoms with Crippen LogP contribution >= 0.6 is 0 Å². The van der Waals surface area contributed by atoms with Gasteiger partial charge in [-0.1, -0.05) is 55.7 Å². The van der Waals surface area contributed by atoms with Crippen LogP contribution in [0.15, 0.2) is 85.2 Å². The lowest BCUT2D eigenvalue weighted by Crippen LogP contribution is -2.32. The quantitative estimate of drug-likeness (QED) is 0.130. The highest BCUT2D eigenvalue weighted by atomic mass is 16.5. The second-order valence-corrected chi connectivity index (χ2v) is 8.90. The summed E-state index contributed by atoms with van der Waals surface area (Å²) >= 11 is 0. The van der Waals surface area contributed by atoms with Gasteiger partial charge in [0.2, 0.25) is 0 Å². The third-order valence-corrected chi connectivity index (χ3v) is 6.34. The Labute approximate surface area is 207 Å². The first-order valence-electron chi connectivity index (χ1n) is 12.6. The predicted molar refractivity (Wildman–Crippen MR) is 138 cm³/mol. The van der Waals surface area contributed by atoms with E-state index in [1.165, 1.54) is 32.8 Å². The molecule has 0 aliphatic rings. The summed E-state index contributed by atoms with van der Waals surface area (Å²) in [5.74, 6) is 0.495. The van der Waals surface area contributed by atoms with Crippen LogP contribution in [-0.4, -0.2) is 17.6 Å². The maximum Gasteiger partial charge on any atom is 0.354 e.